The number of nitrogens with two attached hydrogens (primary N) is 2. The predicted octanol–water partition coefficient (Wildman–Crippen LogP) is 2.15. The van der Waals surface area contributed by atoms with Crippen LogP contribution in [0.1, 0.15) is 36.8 Å². The lowest BCUT2D eigenvalue weighted by Gasteiger charge is -2.28. The van der Waals surface area contributed by atoms with Crippen molar-refractivity contribution in [3.63, 3.8) is 0 Å². The largest absolute Gasteiger partial charge is 0.369 e. The summed E-state index contributed by atoms with van der Waals surface area (Å²) in [4.78, 5) is 37.1. The molecule has 1 saturated carbocycles. The molecule has 3 rings (SSSR count). The number of primary amides is 1. The highest BCUT2D eigenvalue weighted by Gasteiger charge is 2.29. The highest BCUT2D eigenvalue weighted by Crippen LogP contribution is 2.28. The monoisotopic (exact) mass is 436 g/mol. The van der Waals surface area contributed by atoms with E-state index in [1.807, 2.05) is 30.3 Å². The van der Waals surface area contributed by atoms with E-state index in [0.29, 0.717) is 24.6 Å². The molecular weight excluding hydrogens is 404 g/mol. The Balaban J connectivity index is 1.67. The van der Waals surface area contributed by atoms with Gasteiger partial charge in [-0.05, 0) is 61.4 Å². The number of carbonyl (C=O) groups excluding carboxylic acids is 3. The van der Waals surface area contributed by atoms with Crippen molar-refractivity contribution in [1.82, 2.24) is 5.32 Å². The number of benzene rings is 2. The molecule has 0 aromatic heterocycles. The zero-order chi connectivity index (χ0) is 22.9. The molecule has 170 valence electrons. The Morgan fingerprint density at radius 2 is 1.56 bits per heavy atom. The molecule has 7 heteroatoms. The number of anilines is 1. The van der Waals surface area contributed by atoms with Crippen LogP contribution in [0.2, 0.25) is 0 Å². The molecule has 0 heterocycles. The lowest BCUT2D eigenvalue weighted by Crippen LogP contribution is -2.48. The summed E-state index contributed by atoms with van der Waals surface area (Å²) >= 11 is 0. The number of hydrogen-bond acceptors (Lipinski definition) is 4. The third kappa shape index (κ3) is 6.92. The van der Waals surface area contributed by atoms with Crippen molar-refractivity contribution < 1.29 is 14.4 Å². The van der Waals surface area contributed by atoms with Crippen LogP contribution in [0.5, 0.6) is 0 Å². The first kappa shape index (κ1) is 23.5. The summed E-state index contributed by atoms with van der Waals surface area (Å²) in [7, 11) is 0. The lowest BCUT2D eigenvalue weighted by atomic mass is 9.81. The first-order valence-electron chi connectivity index (χ1n) is 11.2. The van der Waals surface area contributed by atoms with Gasteiger partial charge in [-0.25, -0.2) is 0 Å². The van der Waals surface area contributed by atoms with Crippen molar-refractivity contribution in [2.75, 3.05) is 11.9 Å². The molecule has 2 aromatic carbocycles. The molecule has 32 heavy (non-hydrogen) atoms. The summed E-state index contributed by atoms with van der Waals surface area (Å²) < 4.78 is 0. The van der Waals surface area contributed by atoms with Gasteiger partial charge in [0, 0.05) is 18.0 Å². The van der Waals surface area contributed by atoms with Gasteiger partial charge in [-0.15, -0.1) is 0 Å². The Labute approximate surface area is 188 Å². The van der Waals surface area contributed by atoms with Crippen LogP contribution in [0.3, 0.4) is 0 Å². The Morgan fingerprint density at radius 3 is 2.16 bits per heavy atom. The van der Waals surface area contributed by atoms with Gasteiger partial charge in [0.1, 0.15) is 6.04 Å². The number of amides is 3. The smallest absolute Gasteiger partial charge is 0.247 e. The second-order valence-corrected chi connectivity index (χ2v) is 8.53. The van der Waals surface area contributed by atoms with Gasteiger partial charge < -0.3 is 22.1 Å². The van der Waals surface area contributed by atoms with Crippen molar-refractivity contribution in [1.29, 1.82) is 0 Å². The van der Waals surface area contributed by atoms with E-state index in [1.165, 1.54) is 0 Å². The van der Waals surface area contributed by atoms with Crippen LogP contribution in [0.25, 0.3) is 0 Å². The van der Waals surface area contributed by atoms with Gasteiger partial charge in [0.05, 0.1) is 6.42 Å². The maximum atomic E-state index is 13.1. The molecule has 0 spiro atoms. The summed E-state index contributed by atoms with van der Waals surface area (Å²) in [6.45, 7) is 0.658. The molecule has 0 unspecified atom stereocenters. The van der Waals surface area contributed by atoms with Gasteiger partial charge in [0.15, 0.2) is 0 Å². The normalized spacial score (nSPS) is 19.0. The van der Waals surface area contributed by atoms with Crippen LogP contribution in [0.4, 0.5) is 5.69 Å². The molecule has 1 aliphatic rings. The highest BCUT2D eigenvalue weighted by atomic mass is 16.2. The van der Waals surface area contributed by atoms with E-state index in [4.69, 9.17) is 11.5 Å². The van der Waals surface area contributed by atoms with Gasteiger partial charge >= 0.3 is 0 Å². The summed E-state index contributed by atoms with van der Waals surface area (Å²) in [5.74, 6) is -0.362. The summed E-state index contributed by atoms with van der Waals surface area (Å²) in [5.41, 5.74) is 13.3. The standard InChI is InChI=1S/C25H32N4O3/c26-16-19-6-10-20(11-7-19)24(31)29-22(14-17-4-2-1-3-5-17)25(32)28-21-12-8-18(9-13-21)15-23(27)30/h1-5,8-9,12-13,19-20,22H,6-7,10-11,14-16,26H2,(H2,27,30)(H,28,32)(H,29,31)/t19?,20?,22-/m0/s1. The number of rotatable bonds is 9. The maximum Gasteiger partial charge on any atom is 0.247 e. The molecule has 0 aliphatic heterocycles. The number of carbonyl (C=O) groups is 3. The summed E-state index contributed by atoms with van der Waals surface area (Å²) in [6.07, 6.45) is 4.04. The molecule has 0 bridgehead atoms. The molecular formula is C25H32N4O3. The first-order valence-corrected chi connectivity index (χ1v) is 11.2. The van der Waals surface area contributed by atoms with E-state index in [-0.39, 0.29) is 24.2 Å². The van der Waals surface area contributed by atoms with Crippen LogP contribution in [0, 0.1) is 11.8 Å². The third-order valence-corrected chi connectivity index (χ3v) is 6.07. The van der Waals surface area contributed by atoms with E-state index in [2.05, 4.69) is 10.6 Å². The van der Waals surface area contributed by atoms with Crippen molar-refractivity contribution in [3.05, 3.63) is 65.7 Å². The van der Waals surface area contributed by atoms with E-state index in [9.17, 15) is 14.4 Å². The zero-order valence-electron chi connectivity index (χ0n) is 18.3. The molecule has 6 N–H and O–H groups in total. The molecule has 1 fully saturated rings. The fourth-order valence-corrected chi connectivity index (χ4v) is 4.15. The maximum absolute atomic E-state index is 13.1. The molecule has 7 nitrogen and oxygen atoms in total. The highest BCUT2D eigenvalue weighted by molar-refractivity contribution is 5.97. The molecule has 3 amide bonds. The zero-order valence-corrected chi connectivity index (χ0v) is 18.3. The minimum atomic E-state index is -0.692. The lowest BCUT2D eigenvalue weighted by molar-refractivity contribution is -0.130. The average Bonchev–Trinajstić information content (AvgIpc) is 2.80. The van der Waals surface area contributed by atoms with Crippen LogP contribution < -0.4 is 22.1 Å². The fourth-order valence-electron chi connectivity index (χ4n) is 4.15. The van der Waals surface area contributed by atoms with Gasteiger partial charge in [0.2, 0.25) is 17.7 Å². The topological polar surface area (TPSA) is 127 Å². The van der Waals surface area contributed by atoms with Crippen molar-refractivity contribution in [2.24, 2.45) is 23.3 Å². The second kappa shape index (κ2) is 11.4. The molecule has 2 aromatic rings. The summed E-state index contributed by atoms with van der Waals surface area (Å²) in [5, 5.41) is 5.86. The van der Waals surface area contributed by atoms with Gasteiger partial charge in [-0.2, -0.15) is 0 Å². The van der Waals surface area contributed by atoms with Crippen molar-refractivity contribution in [3.8, 4) is 0 Å². The first-order chi connectivity index (χ1) is 15.4. The average molecular weight is 437 g/mol. The van der Waals surface area contributed by atoms with E-state index < -0.39 is 11.9 Å². The summed E-state index contributed by atoms with van der Waals surface area (Å²) in [6, 6.07) is 15.9. The molecule has 0 radical (unpaired) electrons. The van der Waals surface area contributed by atoms with E-state index in [0.717, 1.165) is 36.8 Å². The number of hydrogen-bond donors (Lipinski definition) is 4. The van der Waals surface area contributed by atoms with Crippen LogP contribution in [0.15, 0.2) is 54.6 Å². The van der Waals surface area contributed by atoms with Crippen molar-refractivity contribution in [2.45, 2.75) is 44.6 Å². The second-order valence-electron chi connectivity index (χ2n) is 8.53. The van der Waals surface area contributed by atoms with Crippen molar-refractivity contribution >= 4 is 23.4 Å². The van der Waals surface area contributed by atoms with Gasteiger partial charge in [-0.3, -0.25) is 14.4 Å². The van der Waals surface area contributed by atoms with Crippen LogP contribution >= 0.6 is 0 Å². The van der Waals surface area contributed by atoms with E-state index >= 15 is 0 Å². The van der Waals surface area contributed by atoms with Crippen LogP contribution in [-0.2, 0) is 27.2 Å². The molecule has 1 aliphatic carbocycles. The molecule has 0 saturated heterocycles. The Bertz CT molecular complexity index is 907. The van der Waals surface area contributed by atoms with E-state index in [1.54, 1.807) is 24.3 Å². The predicted molar refractivity (Wildman–Crippen MR) is 125 cm³/mol. The Kier molecular flexibility index (Phi) is 8.39. The quantitative estimate of drug-likeness (QED) is 0.480. The van der Waals surface area contributed by atoms with Gasteiger partial charge in [0.25, 0.3) is 0 Å². The minimum absolute atomic E-state index is 0.0756. The molecule has 1 atom stereocenters. The Morgan fingerprint density at radius 1 is 0.906 bits per heavy atom. The van der Waals surface area contributed by atoms with Crippen LogP contribution in [-0.4, -0.2) is 30.3 Å². The third-order valence-electron chi connectivity index (χ3n) is 6.07. The number of nitrogens with one attached hydrogen (secondary N) is 2. The SMILES string of the molecule is NCC1CCC(C(=O)N[C@@H](Cc2ccccc2)C(=O)Nc2ccc(CC(N)=O)cc2)CC1. The Hall–Kier alpha value is -3.19. The van der Waals surface area contributed by atoms with Gasteiger partial charge in [-0.1, -0.05) is 42.5 Å². The minimum Gasteiger partial charge on any atom is -0.369 e. The fraction of sp³-hybridized carbons (Fsp3) is 0.400.